The second-order valence-corrected chi connectivity index (χ2v) is 5.93. The second kappa shape index (κ2) is 4.39. The van der Waals surface area contributed by atoms with Crippen LogP contribution in [0.15, 0.2) is 24.3 Å². The van der Waals surface area contributed by atoms with Crippen LogP contribution in [0.3, 0.4) is 0 Å². The fourth-order valence-electron chi connectivity index (χ4n) is 2.45. The van der Waals surface area contributed by atoms with Gasteiger partial charge in [0.05, 0.1) is 6.04 Å². The maximum Gasteiger partial charge on any atom is 0.237 e. The summed E-state index contributed by atoms with van der Waals surface area (Å²) >= 11 is 0. The highest BCUT2D eigenvalue weighted by molar-refractivity contribution is 5.82. The Labute approximate surface area is 108 Å². The number of rotatable bonds is 3. The van der Waals surface area contributed by atoms with Crippen molar-refractivity contribution < 1.29 is 4.79 Å². The summed E-state index contributed by atoms with van der Waals surface area (Å²) in [4.78, 5) is 12.1. The van der Waals surface area contributed by atoms with Crippen molar-refractivity contribution in [2.24, 2.45) is 5.41 Å². The van der Waals surface area contributed by atoms with E-state index < -0.39 is 0 Å². The van der Waals surface area contributed by atoms with Gasteiger partial charge in [-0.3, -0.25) is 4.79 Å². The molecule has 1 amide bonds. The van der Waals surface area contributed by atoms with Crippen LogP contribution in [0, 0.1) is 5.41 Å². The first-order chi connectivity index (χ1) is 8.66. The van der Waals surface area contributed by atoms with Crippen LogP contribution in [0.4, 0.5) is 0 Å². The van der Waals surface area contributed by atoms with Crippen molar-refractivity contribution in [3.05, 3.63) is 35.4 Å². The van der Waals surface area contributed by atoms with Crippen LogP contribution in [-0.4, -0.2) is 18.5 Å². The molecule has 96 valence electrons. The number of benzene rings is 1. The Kier molecular flexibility index (Phi) is 2.86. The normalized spacial score (nSPS) is 24.2. The van der Waals surface area contributed by atoms with Crippen molar-refractivity contribution in [1.29, 1.82) is 0 Å². The van der Waals surface area contributed by atoms with Crippen molar-refractivity contribution in [2.75, 3.05) is 6.54 Å². The van der Waals surface area contributed by atoms with Gasteiger partial charge >= 0.3 is 0 Å². The first-order valence-electron chi connectivity index (χ1n) is 6.74. The van der Waals surface area contributed by atoms with Crippen molar-refractivity contribution in [3.63, 3.8) is 0 Å². The van der Waals surface area contributed by atoms with Crippen molar-refractivity contribution in [2.45, 2.75) is 38.8 Å². The molecule has 0 radical (unpaired) electrons. The summed E-state index contributed by atoms with van der Waals surface area (Å²) in [5.41, 5.74) is 2.99. The predicted molar refractivity (Wildman–Crippen MR) is 71.1 cm³/mol. The lowest BCUT2D eigenvalue weighted by Gasteiger charge is -2.25. The van der Waals surface area contributed by atoms with Gasteiger partial charge in [0.15, 0.2) is 0 Å². The fraction of sp³-hybridized carbons (Fsp3) is 0.533. The lowest BCUT2D eigenvalue weighted by Crippen LogP contribution is -2.48. The number of hydrogen-bond acceptors (Lipinski definition) is 2. The molecule has 3 heteroatoms. The molecular weight excluding hydrogens is 224 g/mol. The molecule has 2 N–H and O–H groups in total. The van der Waals surface area contributed by atoms with Gasteiger partial charge in [0, 0.05) is 13.1 Å². The minimum absolute atomic E-state index is 0.0674. The maximum absolute atomic E-state index is 12.1. The molecule has 1 aromatic carbocycles. The standard InChI is InChI=1S/C15H20N2O/c1-15(6-7-15)10-17-14(18)13-8-11-4-2-3-5-12(11)9-16-13/h2-5,13,16H,6-10H2,1H3,(H,17,18)/t13-/m0/s1. The lowest BCUT2D eigenvalue weighted by molar-refractivity contribution is -0.123. The van der Waals surface area contributed by atoms with E-state index in [1.807, 2.05) is 6.07 Å². The number of fused-ring (bicyclic) bond motifs is 1. The second-order valence-electron chi connectivity index (χ2n) is 5.93. The quantitative estimate of drug-likeness (QED) is 0.848. The van der Waals surface area contributed by atoms with Gasteiger partial charge in [0.25, 0.3) is 0 Å². The van der Waals surface area contributed by atoms with Crippen LogP contribution < -0.4 is 10.6 Å². The Hall–Kier alpha value is -1.35. The highest BCUT2D eigenvalue weighted by Crippen LogP contribution is 2.44. The third-order valence-electron chi connectivity index (χ3n) is 4.19. The Morgan fingerprint density at radius 3 is 2.83 bits per heavy atom. The van der Waals surface area contributed by atoms with Crippen LogP contribution >= 0.6 is 0 Å². The van der Waals surface area contributed by atoms with Gasteiger partial charge in [-0.25, -0.2) is 0 Å². The maximum atomic E-state index is 12.1. The van der Waals surface area contributed by atoms with Crippen molar-refractivity contribution in [3.8, 4) is 0 Å². The van der Waals surface area contributed by atoms with Crippen LogP contribution in [0.5, 0.6) is 0 Å². The summed E-state index contributed by atoms with van der Waals surface area (Å²) in [7, 11) is 0. The van der Waals surface area contributed by atoms with E-state index in [1.54, 1.807) is 0 Å². The smallest absolute Gasteiger partial charge is 0.237 e. The molecule has 1 saturated carbocycles. The highest BCUT2D eigenvalue weighted by atomic mass is 16.2. The van der Waals surface area contributed by atoms with E-state index in [1.165, 1.54) is 24.0 Å². The summed E-state index contributed by atoms with van der Waals surface area (Å²) in [6.45, 7) is 3.86. The molecular formula is C15H20N2O. The van der Waals surface area contributed by atoms with Crippen LogP contribution in [0.25, 0.3) is 0 Å². The molecule has 0 spiro atoms. The van der Waals surface area contributed by atoms with E-state index >= 15 is 0 Å². The third kappa shape index (κ3) is 2.41. The molecule has 0 unspecified atom stereocenters. The van der Waals surface area contributed by atoms with Gasteiger partial charge in [-0.2, -0.15) is 0 Å². The Bertz CT molecular complexity index is 465. The zero-order chi connectivity index (χ0) is 12.6. The molecule has 18 heavy (non-hydrogen) atoms. The number of hydrogen-bond donors (Lipinski definition) is 2. The van der Waals surface area contributed by atoms with Crippen LogP contribution in [0.2, 0.25) is 0 Å². The van der Waals surface area contributed by atoms with Crippen LogP contribution in [-0.2, 0) is 17.8 Å². The minimum atomic E-state index is -0.0674. The van der Waals surface area contributed by atoms with Crippen molar-refractivity contribution in [1.82, 2.24) is 10.6 Å². The Morgan fingerprint density at radius 1 is 1.39 bits per heavy atom. The van der Waals surface area contributed by atoms with Gasteiger partial charge in [0.2, 0.25) is 5.91 Å². The van der Waals surface area contributed by atoms with E-state index in [-0.39, 0.29) is 11.9 Å². The lowest BCUT2D eigenvalue weighted by atomic mass is 9.95. The molecule has 1 aromatic rings. The topological polar surface area (TPSA) is 41.1 Å². The van der Waals surface area contributed by atoms with Gasteiger partial charge in [-0.05, 0) is 35.8 Å². The number of nitrogens with one attached hydrogen (secondary N) is 2. The molecule has 1 fully saturated rings. The van der Waals surface area contributed by atoms with Gasteiger partial charge in [0.1, 0.15) is 0 Å². The Balaban J connectivity index is 1.59. The monoisotopic (exact) mass is 244 g/mol. The summed E-state index contributed by atoms with van der Waals surface area (Å²) in [5, 5.41) is 6.40. The van der Waals surface area contributed by atoms with Gasteiger partial charge in [-0.15, -0.1) is 0 Å². The molecule has 0 bridgehead atoms. The first-order valence-corrected chi connectivity index (χ1v) is 6.74. The van der Waals surface area contributed by atoms with E-state index in [4.69, 9.17) is 0 Å². The van der Waals surface area contributed by atoms with Crippen LogP contribution in [0.1, 0.15) is 30.9 Å². The average Bonchev–Trinajstić information content (AvgIpc) is 3.14. The average molecular weight is 244 g/mol. The molecule has 2 aliphatic rings. The molecule has 0 aromatic heterocycles. The minimum Gasteiger partial charge on any atom is -0.354 e. The largest absolute Gasteiger partial charge is 0.354 e. The van der Waals surface area contributed by atoms with Gasteiger partial charge < -0.3 is 10.6 Å². The zero-order valence-electron chi connectivity index (χ0n) is 10.8. The molecule has 1 atom stereocenters. The summed E-state index contributed by atoms with van der Waals surface area (Å²) in [5.74, 6) is 0.151. The SMILES string of the molecule is CC1(CNC(=O)[C@@H]2Cc3ccccc3CN2)CC1. The number of carbonyl (C=O) groups excluding carboxylic acids is 1. The van der Waals surface area contributed by atoms with E-state index in [2.05, 4.69) is 35.8 Å². The van der Waals surface area contributed by atoms with E-state index in [0.29, 0.717) is 5.41 Å². The fourth-order valence-corrected chi connectivity index (χ4v) is 2.45. The summed E-state index contributed by atoms with van der Waals surface area (Å²) in [6, 6.07) is 8.28. The van der Waals surface area contributed by atoms with E-state index in [9.17, 15) is 4.79 Å². The zero-order valence-corrected chi connectivity index (χ0v) is 10.8. The molecule has 3 rings (SSSR count). The van der Waals surface area contributed by atoms with Crippen molar-refractivity contribution >= 4 is 5.91 Å². The third-order valence-corrected chi connectivity index (χ3v) is 4.19. The van der Waals surface area contributed by atoms with Gasteiger partial charge in [-0.1, -0.05) is 31.2 Å². The highest BCUT2D eigenvalue weighted by Gasteiger charge is 2.37. The molecule has 1 aliphatic heterocycles. The Morgan fingerprint density at radius 2 is 2.11 bits per heavy atom. The molecule has 3 nitrogen and oxygen atoms in total. The number of carbonyl (C=O) groups is 1. The summed E-state index contributed by atoms with van der Waals surface area (Å²) in [6.07, 6.45) is 3.29. The number of amides is 1. The first kappa shape index (κ1) is 11.7. The molecule has 0 saturated heterocycles. The predicted octanol–water partition coefficient (Wildman–Crippen LogP) is 1.62. The summed E-state index contributed by atoms with van der Waals surface area (Å²) < 4.78 is 0. The molecule has 1 heterocycles. The van der Waals surface area contributed by atoms with E-state index in [0.717, 1.165) is 19.5 Å². The molecule has 1 aliphatic carbocycles.